The molecule has 2 rings (SSSR count). The van der Waals surface area contributed by atoms with Gasteiger partial charge in [-0.2, -0.15) is 5.11 Å². The normalized spacial score (nSPS) is 12.1. The van der Waals surface area contributed by atoms with Gasteiger partial charge in [0.15, 0.2) is 0 Å². The molecule has 0 amide bonds. The number of rotatable bonds is 4. The molecule has 1 N–H and O–H groups in total. The minimum Gasteiger partial charge on any atom is -0.209 e. The SMILES string of the molecule is N=NC(Cc1ccc(Cl)cc1)c1ccc(Cl)cc1. The quantitative estimate of drug-likeness (QED) is 0.736. The molecule has 0 aliphatic heterocycles. The summed E-state index contributed by atoms with van der Waals surface area (Å²) in [5.74, 6) is 0. The van der Waals surface area contributed by atoms with Crippen LogP contribution in [0.1, 0.15) is 17.2 Å². The minimum atomic E-state index is -0.177. The van der Waals surface area contributed by atoms with Crippen molar-refractivity contribution in [3.8, 4) is 0 Å². The van der Waals surface area contributed by atoms with E-state index in [2.05, 4.69) is 5.11 Å². The second-order valence-corrected chi connectivity index (χ2v) is 4.90. The van der Waals surface area contributed by atoms with Crippen molar-refractivity contribution in [1.29, 1.82) is 5.53 Å². The molecule has 0 aliphatic carbocycles. The van der Waals surface area contributed by atoms with Crippen LogP contribution in [0.2, 0.25) is 10.0 Å². The molecule has 0 radical (unpaired) electrons. The van der Waals surface area contributed by atoms with Crippen LogP contribution in [0, 0.1) is 5.53 Å². The van der Waals surface area contributed by atoms with Crippen LogP contribution in [-0.2, 0) is 6.42 Å². The summed E-state index contributed by atoms with van der Waals surface area (Å²) < 4.78 is 0. The van der Waals surface area contributed by atoms with Gasteiger partial charge in [0.2, 0.25) is 0 Å². The zero-order valence-corrected chi connectivity index (χ0v) is 11.1. The maximum atomic E-state index is 7.31. The van der Waals surface area contributed by atoms with E-state index >= 15 is 0 Å². The molecular weight excluding hydrogens is 267 g/mol. The van der Waals surface area contributed by atoms with Gasteiger partial charge in [0, 0.05) is 16.5 Å². The van der Waals surface area contributed by atoms with Crippen molar-refractivity contribution in [3.05, 3.63) is 69.7 Å². The number of nitrogens with zero attached hydrogens (tertiary/aromatic N) is 1. The van der Waals surface area contributed by atoms with E-state index in [4.69, 9.17) is 28.7 Å². The van der Waals surface area contributed by atoms with Crippen molar-refractivity contribution in [2.45, 2.75) is 12.5 Å². The molecule has 1 atom stereocenters. The standard InChI is InChI=1S/C14H12Cl2N2/c15-12-5-1-10(2-6-12)9-14(18-17)11-3-7-13(16)8-4-11/h1-8,14,17H,9H2. The average Bonchev–Trinajstić information content (AvgIpc) is 2.39. The second-order valence-electron chi connectivity index (χ2n) is 4.03. The molecule has 2 aromatic rings. The molecular formula is C14H12Cl2N2. The third kappa shape index (κ3) is 3.31. The highest BCUT2D eigenvalue weighted by atomic mass is 35.5. The van der Waals surface area contributed by atoms with E-state index < -0.39 is 0 Å². The number of hydrogen-bond acceptors (Lipinski definition) is 2. The van der Waals surface area contributed by atoms with Gasteiger partial charge in [-0.25, -0.2) is 5.53 Å². The summed E-state index contributed by atoms with van der Waals surface area (Å²) in [6.45, 7) is 0. The first-order valence-electron chi connectivity index (χ1n) is 5.55. The van der Waals surface area contributed by atoms with E-state index in [1.165, 1.54) is 0 Å². The molecule has 2 nitrogen and oxygen atoms in total. The molecule has 0 saturated carbocycles. The van der Waals surface area contributed by atoms with E-state index in [1.54, 1.807) is 0 Å². The summed E-state index contributed by atoms with van der Waals surface area (Å²) in [6, 6.07) is 14.9. The van der Waals surface area contributed by atoms with Crippen LogP contribution in [0.5, 0.6) is 0 Å². The molecule has 4 heteroatoms. The lowest BCUT2D eigenvalue weighted by atomic mass is 10.00. The monoisotopic (exact) mass is 278 g/mol. The first-order valence-corrected chi connectivity index (χ1v) is 6.31. The lowest BCUT2D eigenvalue weighted by Crippen LogP contribution is -1.99. The Morgan fingerprint density at radius 1 is 0.889 bits per heavy atom. The predicted octanol–water partition coefficient (Wildman–Crippen LogP) is 5.31. The van der Waals surface area contributed by atoms with Gasteiger partial charge in [0.1, 0.15) is 0 Å². The average molecular weight is 279 g/mol. The maximum absolute atomic E-state index is 7.31. The van der Waals surface area contributed by atoms with E-state index in [0.717, 1.165) is 11.1 Å². The highest BCUT2D eigenvalue weighted by molar-refractivity contribution is 6.30. The number of benzene rings is 2. The maximum Gasteiger partial charge on any atom is 0.0995 e. The predicted molar refractivity (Wildman–Crippen MR) is 74.5 cm³/mol. The minimum absolute atomic E-state index is 0.177. The first kappa shape index (κ1) is 13.1. The zero-order valence-electron chi connectivity index (χ0n) is 9.61. The second kappa shape index (κ2) is 5.98. The lowest BCUT2D eigenvalue weighted by molar-refractivity contribution is 0.663. The molecule has 0 aromatic heterocycles. The fraction of sp³-hybridized carbons (Fsp3) is 0.143. The van der Waals surface area contributed by atoms with Crippen molar-refractivity contribution in [3.63, 3.8) is 0 Å². The van der Waals surface area contributed by atoms with Gasteiger partial charge in [-0.3, -0.25) is 0 Å². The summed E-state index contributed by atoms with van der Waals surface area (Å²) in [4.78, 5) is 0. The molecule has 0 bridgehead atoms. The molecule has 92 valence electrons. The van der Waals surface area contributed by atoms with Crippen molar-refractivity contribution in [2.75, 3.05) is 0 Å². The van der Waals surface area contributed by atoms with Crippen LogP contribution in [0.15, 0.2) is 53.6 Å². The third-order valence-electron chi connectivity index (χ3n) is 2.75. The van der Waals surface area contributed by atoms with Crippen LogP contribution < -0.4 is 0 Å². The molecule has 1 unspecified atom stereocenters. The van der Waals surface area contributed by atoms with Gasteiger partial charge in [-0.05, 0) is 35.4 Å². The van der Waals surface area contributed by atoms with Crippen molar-refractivity contribution >= 4 is 23.2 Å². The van der Waals surface area contributed by atoms with Crippen LogP contribution in [-0.4, -0.2) is 0 Å². The Morgan fingerprint density at radius 2 is 1.39 bits per heavy atom. The Hall–Kier alpha value is -1.38. The van der Waals surface area contributed by atoms with Gasteiger partial charge in [-0.1, -0.05) is 47.5 Å². The third-order valence-corrected chi connectivity index (χ3v) is 3.26. The highest BCUT2D eigenvalue weighted by Crippen LogP contribution is 2.24. The van der Waals surface area contributed by atoms with Gasteiger partial charge in [0.25, 0.3) is 0 Å². The molecule has 2 aromatic carbocycles. The van der Waals surface area contributed by atoms with Gasteiger partial charge >= 0.3 is 0 Å². The Balaban J connectivity index is 2.16. The summed E-state index contributed by atoms with van der Waals surface area (Å²) >= 11 is 11.7. The van der Waals surface area contributed by atoms with Crippen molar-refractivity contribution in [2.24, 2.45) is 5.11 Å². The lowest BCUT2D eigenvalue weighted by Gasteiger charge is -2.11. The van der Waals surface area contributed by atoms with Crippen LogP contribution in [0.3, 0.4) is 0 Å². The summed E-state index contributed by atoms with van der Waals surface area (Å²) in [5, 5.41) is 5.08. The molecule has 0 aliphatic rings. The Morgan fingerprint density at radius 3 is 1.89 bits per heavy atom. The Bertz CT molecular complexity index is 520. The number of hydrogen-bond donors (Lipinski definition) is 1. The van der Waals surface area contributed by atoms with E-state index in [0.29, 0.717) is 16.5 Å². The smallest absolute Gasteiger partial charge is 0.0995 e. The highest BCUT2D eigenvalue weighted by Gasteiger charge is 2.10. The van der Waals surface area contributed by atoms with E-state index in [9.17, 15) is 0 Å². The fourth-order valence-corrected chi connectivity index (χ4v) is 2.02. The van der Waals surface area contributed by atoms with Crippen LogP contribution >= 0.6 is 23.2 Å². The van der Waals surface area contributed by atoms with Gasteiger partial charge in [0.05, 0.1) is 6.04 Å². The molecule has 0 fully saturated rings. The van der Waals surface area contributed by atoms with E-state index in [-0.39, 0.29) is 6.04 Å². The Kier molecular flexibility index (Phi) is 4.34. The Labute approximate surface area is 116 Å². The van der Waals surface area contributed by atoms with Gasteiger partial charge < -0.3 is 0 Å². The summed E-state index contributed by atoms with van der Waals surface area (Å²) in [5.41, 5.74) is 9.41. The zero-order chi connectivity index (χ0) is 13.0. The number of halogens is 2. The summed E-state index contributed by atoms with van der Waals surface area (Å²) in [7, 11) is 0. The topological polar surface area (TPSA) is 36.2 Å². The van der Waals surface area contributed by atoms with Crippen LogP contribution in [0.4, 0.5) is 0 Å². The van der Waals surface area contributed by atoms with Crippen LogP contribution in [0.25, 0.3) is 0 Å². The largest absolute Gasteiger partial charge is 0.209 e. The molecule has 0 heterocycles. The van der Waals surface area contributed by atoms with Crippen molar-refractivity contribution < 1.29 is 0 Å². The number of nitrogens with one attached hydrogen (secondary N) is 1. The molecule has 0 spiro atoms. The summed E-state index contributed by atoms with van der Waals surface area (Å²) in [6.07, 6.45) is 0.683. The van der Waals surface area contributed by atoms with Crippen molar-refractivity contribution in [1.82, 2.24) is 0 Å². The molecule has 18 heavy (non-hydrogen) atoms. The fourth-order valence-electron chi connectivity index (χ4n) is 1.77. The molecule has 0 saturated heterocycles. The van der Waals surface area contributed by atoms with Gasteiger partial charge in [-0.15, -0.1) is 0 Å². The first-order chi connectivity index (χ1) is 8.69. The van der Waals surface area contributed by atoms with E-state index in [1.807, 2.05) is 48.5 Å².